The quantitative estimate of drug-likeness (QED) is 0.444. The van der Waals surface area contributed by atoms with Crippen molar-refractivity contribution in [2.45, 2.75) is 13.0 Å². The lowest BCUT2D eigenvalue weighted by molar-refractivity contribution is 0.623. The first-order valence-corrected chi connectivity index (χ1v) is 9.37. The van der Waals surface area contributed by atoms with Crippen molar-refractivity contribution in [3.8, 4) is 11.8 Å². The molecule has 11 heteroatoms. The summed E-state index contributed by atoms with van der Waals surface area (Å²) in [6, 6.07) is 10.5. The molecule has 0 bridgehead atoms. The first-order chi connectivity index (χ1) is 15.3. The Morgan fingerprint density at radius 2 is 1.88 bits per heavy atom. The van der Waals surface area contributed by atoms with Crippen LogP contribution in [0.1, 0.15) is 24.4 Å². The van der Waals surface area contributed by atoms with Crippen LogP contribution in [-0.4, -0.2) is 19.5 Å². The van der Waals surface area contributed by atoms with Gasteiger partial charge in [-0.3, -0.25) is 9.36 Å². The van der Waals surface area contributed by atoms with Crippen molar-refractivity contribution < 1.29 is 8.78 Å². The molecular weight excluding hydrogens is 418 g/mol. The number of rotatable bonds is 4. The molecule has 32 heavy (non-hydrogen) atoms. The largest absolute Gasteiger partial charge is 0.382 e. The summed E-state index contributed by atoms with van der Waals surface area (Å²) in [6.45, 7) is 1.64. The molecule has 0 unspecified atom stereocenters. The summed E-state index contributed by atoms with van der Waals surface area (Å²) in [6.07, 6.45) is 0. The van der Waals surface area contributed by atoms with Gasteiger partial charge in [0.25, 0.3) is 5.56 Å². The molecule has 0 saturated carbocycles. The highest BCUT2D eigenvalue weighted by atomic mass is 19.1. The predicted molar refractivity (Wildman–Crippen MR) is 115 cm³/mol. The predicted octanol–water partition coefficient (Wildman–Crippen LogP) is 2.66. The number of nitrogen functional groups attached to an aromatic ring is 2. The lowest BCUT2D eigenvalue weighted by Gasteiger charge is -2.21. The minimum absolute atomic E-state index is 0.0318. The fraction of sp³-hybridized carbons (Fsp3) is 0.0952. The van der Waals surface area contributed by atoms with Gasteiger partial charge >= 0.3 is 0 Å². The molecule has 0 spiro atoms. The number of halogens is 2. The van der Waals surface area contributed by atoms with E-state index in [1.54, 1.807) is 6.92 Å². The fourth-order valence-corrected chi connectivity index (χ4v) is 3.34. The second kappa shape index (κ2) is 7.92. The Labute approximate surface area is 180 Å². The fourth-order valence-electron chi connectivity index (χ4n) is 3.34. The lowest BCUT2D eigenvalue weighted by Crippen LogP contribution is -2.28. The summed E-state index contributed by atoms with van der Waals surface area (Å²) < 4.78 is 29.5. The molecule has 4 aromatic rings. The molecule has 0 aliphatic heterocycles. The number of benzene rings is 2. The van der Waals surface area contributed by atoms with Gasteiger partial charge in [0.2, 0.25) is 5.95 Å². The van der Waals surface area contributed by atoms with Crippen molar-refractivity contribution >= 4 is 28.5 Å². The summed E-state index contributed by atoms with van der Waals surface area (Å²) in [7, 11) is 0. The zero-order valence-electron chi connectivity index (χ0n) is 16.7. The molecule has 0 amide bonds. The number of nitrogens with zero attached hydrogens (tertiary/aromatic N) is 5. The third-order valence-corrected chi connectivity index (χ3v) is 4.75. The number of anilines is 3. The molecule has 0 radical (unpaired) electrons. The van der Waals surface area contributed by atoms with Crippen LogP contribution in [0.25, 0.3) is 16.6 Å². The first kappa shape index (κ1) is 20.7. The Hall–Kier alpha value is -4.59. The maximum Gasteiger partial charge on any atom is 0.269 e. The van der Waals surface area contributed by atoms with Crippen molar-refractivity contribution in [3.63, 3.8) is 0 Å². The van der Waals surface area contributed by atoms with E-state index in [4.69, 9.17) is 11.5 Å². The maximum atomic E-state index is 14.5. The summed E-state index contributed by atoms with van der Waals surface area (Å²) in [4.78, 5) is 25.5. The second-order valence-corrected chi connectivity index (χ2v) is 6.89. The number of nitriles is 1. The molecule has 0 aliphatic carbocycles. The Kier molecular flexibility index (Phi) is 5.11. The second-order valence-electron chi connectivity index (χ2n) is 6.89. The monoisotopic (exact) mass is 434 g/mol. The zero-order chi connectivity index (χ0) is 23.0. The van der Waals surface area contributed by atoms with Crippen LogP contribution >= 0.6 is 0 Å². The molecule has 160 valence electrons. The van der Waals surface area contributed by atoms with E-state index in [2.05, 4.69) is 20.3 Å². The maximum absolute atomic E-state index is 14.5. The van der Waals surface area contributed by atoms with E-state index in [0.29, 0.717) is 0 Å². The van der Waals surface area contributed by atoms with Crippen molar-refractivity contribution in [2.75, 3.05) is 16.8 Å². The van der Waals surface area contributed by atoms with Crippen LogP contribution in [0.5, 0.6) is 0 Å². The topological polar surface area (TPSA) is 149 Å². The van der Waals surface area contributed by atoms with Crippen LogP contribution in [0.2, 0.25) is 0 Å². The van der Waals surface area contributed by atoms with Gasteiger partial charge in [-0.25, -0.2) is 13.8 Å². The molecule has 4 rings (SSSR count). The van der Waals surface area contributed by atoms with Gasteiger partial charge in [0.1, 0.15) is 40.3 Å². The first-order valence-electron chi connectivity index (χ1n) is 9.37. The van der Waals surface area contributed by atoms with Gasteiger partial charge in [-0.05, 0) is 37.3 Å². The highest BCUT2D eigenvalue weighted by Gasteiger charge is 2.22. The Morgan fingerprint density at radius 3 is 2.59 bits per heavy atom. The van der Waals surface area contributed by atoms with E-state index in [1.165, 1.54) is 30.3 Å². The molecule has 0 fully saturated rings. The molecule has 2 aromatic heterocycles. The number of hydrogen-bond acceptors (Lipinski definition) is 8. The number of aromatic nitrogens is 4. The van der Waals surface area contributed by atoms with Gasteiger partial charge in [0, 0.05) is 0 Å². The SMILES string of the molecule is C[C@H](Nc1nc(N)nc(N)c1C#N)c1nc2cccc(F)c2c(=O)n1-c1cccc(F)c1. The molecule has 0 aliphatic rings. The van der Waals surface area contributed by atoms with E-state index in [9.17, 15) is 18.8 Å². The van der Waals surface area contributed by atoms with Gasteiger partial charge in [-0.15, -0.1) is 0 Å². The number of nitrogens with two attached hydrogens (primary N) is 2. The van der Waals surface area contributed by atoms with Crippen molar-refractivity contribution in [2.24, 2.45) is 0 Å². The number of fused-ring (bicyclic) bond motifs is 1. The smallest absolute Gasteiger partial charge is 0.269 e. The van der Waals surface area contributed by atoms with Gasteiger partial charge in [-0.1, -0.05) is 12.1 Å². The van der Waals surface area contributed by atoms with Crippen LogP contribution < -0.4 is 22.3 Å². The molecule has 5 N–H and O–H groups in total. The van der Waals surface area contributed by atoms with E-state index < -0.39 is 23.2 Å². The van der Waals surface area contributed by atoms with E-state index >= 15 is 0 Å². The van der Waals surface area contributed by atoms with Crippen molar-refractivity contribution in [1.29, 1.82) is 5.26 Å². The summed E-state index contributed by atoms with van der Waals surface area (Å²) in [5, 5.41) is 12.1. The standard InChI is InChI=1S/C21H16F2N8O/c1-10(27-18-13(9-24)17(25)29-21(26)30-18)19-28-15-7-3-6-14(23)16(15)20(32)31(19)12-5-2-4-11(22)8-12/h2-8,10H,1H3,(H5,25,26,27,29,30)/t10-/m0/s1. The summed E-state index contributed by atoms with van der Waals surface area (Å²) >= 11 is 0. The van der Waals surface area contributed by atoms with Crippen LogP contribution in [0.4, 0.5) is 26.4 Å². The van der Waals surface area contributed by atoms with Crippen LogP contribution in [0.3, 0.4) is 0 Å². The summed E-state index contributed by atoms with van der Waals surface area (Å²) in [5.74, 6) is -1.46. The van der Waals surface area contributed by atoms with Gasteiger partial charge in [0.05, 0.1) is 17.2 Å². The molecule has 1 atom stereocenters. The lowest BCUT2D eigenvalue weighted by atomic mass is 10.2. The van der Waals surface area contributed by atoms with E-state index in [-0.39, 0.29) is 45.6 Å². The highest BCUT2D eigenvalue weighted by molar-refractivity contribution is 5.78. The average molecular weight is 434 g/mol. The number of nitrogens with one attached hydrogen (secondary N) is 1. The van der Waals surface area contributed by atoms with Crippen LogP contribution in [0, 0.1) is 23.0 Å². The molecular formula is C21H16F2N8O. The molecule has 9 nitrogen and oxygen atoms in total. The molecule has 2 heterocycles. The average Bonchev–Trinajstić information content (AvgIpc) is 2.73. The van der Waals surface area contributed by atoms with Gasteiger partial charge < -0.3 is 16.8 Å². The minimum Gasteiger partial charge on any atom is -0.382 e. The third-order valence-electron chi connectivity index (χ3n) is 4.75. The van der Waals surface area contributed by atoms with Gasteiger partial charge in [0.15, 0.2) is 5.82 Å². The minimum atomic E-state index is -0.764. The third kappa shape index (κ3) is 3.54. The Morgan fingerprint density at radius 1 is 1.12 bits per heavy atom. The highest BCUT2D eigenvalue weighted by Crippen LogP contribution is 2.25. The Balaban J connectivity index is 1.95. The van der Waals surface area contributed by atoms with Gasteiger partial charge in [-0.2, -0.15) is 15.2 Å². The van der Waals surface area contributed by atoms with E-state index in [0.717, 1.165) is 16.7 Å². The summed E-state index contributed by atoms with van der Waals surface area (Å²) in [5.41, 5.74) is 10.9. The van der Waals surface area contributed by atoms with Crippen molar-refractivity contribution in [1.82, 2.24) is 19.5 Å². The normalized spacial score (nSPS) is 11.8. The van der Waals surface area contributed by atoms with Crippen molar-refractivity contribution in [3.05, 3.63) is 75.8 Å². The van der Waals surface area contributed by atoms with Crippen LogP contribution in [-0.2, 0) is 0 Å². The molecule has 2 aromatic carbocycles. The Bertz CT molecular complexity index is 1460. The van der Waals surface area contributed by atoms with E-state index in [1.807, 2.05) is 6.07 Å². The van der Waals surface area contributed by atoms with Crippen LogP contribution in [0.15, 0.2) is 47.3 Å². The number of hydrogen-bond donors (Lipinski definition) is 3. The molecule has 0 saturated heterocycles. The zero-order valence-corrected chi connectivity index (χ0v) is 16.7.